The summed E-state index contributed by atoms with van der Waals surface area (Å²) in [6.07, 6.45) is 5.41. The maximum atomic E-state index is 5.96. The summed E-state index contributed by atoms with van der Waals surface area (Å²) in [6, 6.07) is 0. The summed E-state index contributed by atoms with van der Waals surface area (Å²) >= 11 is 0. The first-order valence-electron chi connectivity index (χ1n) is 6.23. The summed E-state index contributed by atoms with van der Waals surface area (Å²) in [5.41, 5.74) is 0.463. The van der Waals surface area contributed by atoms with Gasteiger partial charge < -0.3 is 9.47 Å². The highest BCUT2D eigenvalue weighted by Crippen LogP contribution is 2.46. The Hall–Kier alpha value is -0.0800. The highest BCUT2D eigenvalue weighted by molar-refractivity contribution is 4.88. The van der Waals surface area contributed by atoms with E-state index in [1.807, 2.05) is 0 Å². The van der Waals surface area contributed by atoms with Crippen molar-refractivity contribution in [2.75, 3.05) is 6.61 Å². The van der Waals surface area contributed by atoms with Crippen molar-refractivity contribution in [2.45, 2.75) is 65.3 Å². The maximum Gasteiger partial charge on any atom is 0.168 e. The van der Waals surface area contributed by atoms with Crippen LogP contribution in [0.1, 0.15) is 53.4 Å². The van der Waals surface area contributed by atoms with Crippen LogP contribution in [-0.4, -0.2) is 18.5 Å². The van der Waals surface area contributed by atoms with E-state index in [1.54, 1.807) is 0 Å². The molecule has 3 atom stereocenters. The summed E-state index contributed by atoms with van der Waals surface area (Å²) in [5, 5.41) is 0. The zero-order chi connectivity index (χ0) is 11.1. The average molecular weight is 212 g/mol. The van der Waals surface area contributed by atoms with Crippen LogP contribution in [0.25, 0.3) is 0 Å². The van der Waals surface area contributed by atoms with Crippen LogP contribution in [0.5, 0.6) is 0 Å². The second-order valence-electron chi connectivity index (χ2n) is 6.21. The Labute approximate surface area is 93.3 Å². The summed E-state index contributed by atoms with van der Waals surface area (Å²) in [4.78, 5) is 0. The highest BCUT2D eigenvalue weighted by atomic mass is 16.7. The van der Waals surface area contributed by atoms with Crippen LogP contribution in [0.2, 0.25) is 0 Å². The van der Waals surface area contributed by atoms with Crippen LogP contribution in [0.4, 0.5) is 0 Å². The molecule has 0 bridgehead atoms. The van der Waals surface area contributed by atoms with Gasteiger partial charge in [0, 0.05) is 5.92 Å². The number of rotatable bonds is 1. The van der Waals surface area contributed by atoms with Crippen LogP contribution in [-0.2, 0) is 9.47 Å². The minimum atomic E-state index is -0.308. The van der Waals surface area contributed by atoms with Gasteiger partial charge in [-0.3, -0.25) is 0 Å². The predicted molar refractivity (Wildman–Crippen MR) is 60.6 cm³/mol. The molecule has 1 aliphatic heterocycles. The molecule has 1 heterocycles. The Balaban J connectivity index is 2.04. The molecule has 0 N–H and O–H groups in total. The van der Waals surface area contributed by atoms with E-state index >= 15 is 0 Å². The topological polar surface area (TPSA) is 18.5 Å². The molecule has 15 heavy (non-hydrogen) atoms. The van der Waals surface area contributed by atoms with Gasteiger partial charge in [0.1, 0.15) is 0 Å². The third-order valence-electron chi connectivity index (χ3n) is 3.99. The van der Waals surface area contributed by atoms with Crippen molar-refractivity contribution >= 4 is 0 Å². The van der Waals surface area contributed by atoms with E-state index in [1.165, 1.54) is 25.7 Å². The molecular formula is C13H24O2. The lowest BCUT2D eigenvalue weighted by atomic mass is 9.70. The summed E-state index contributed by atoms with van der Waals surface area (Å²) in [5.74, 6) is 0.267. The smallest absolute Gasteiger partial charge is 0.168 e. The minimum absolute atomic E-state index is 0.264. The lowest BCUT2D eigenvalue weighted by Crippen LogP contribution is -2.41. The van der Waals surface area contributed by atoms with Crippen molar-refractivity contribution in [3.63, 3.8) is 0 Å². The molecule has 1 aliphatic carbocycles. The molecular weight excluding hydrogens is 188 g/mol. The second kappa shape index (κ2) is 3.74. The van der Waals surface area contributed by atoms with E-state index in [2.05, 4.69) is 27.7 Å². The lowest BCUT2D eigenvalue weighted by Gasteiger charge is -2.42. The van der Waals surface area contributed by atoms with E-state index in [9.17, 15) is 0 Å². The molecule has 1 saturated carbocycles. The second-order valence-corrected chi connectivity index (χ2v) is 6.21. The van der Waals surface area contributed by atoms with Crippen molar-refractivity contribution in [3.05, 3.63) is 0 Å². The molecule has 2 rings (SSSR count). The Morgan fingerprint density at radius 2 is 1.93 bits per heavy atom. The average Bonchev–Trinajstić information content (AvgIpc) is 2.46. The lowest BCUT2D eigenvalue weighted by molar-refractivity contribution is -0.203. The molecule has 1 saturated heterocycles. The van der Waals surface area contributed by atoms with Crippen molar-refractivity contribution in [1.82, 2.24) is 0 Å². The summed E-state index contributed by atoms with van der Waals surface area (Å²) in [6.45, 7) is 9.71. The summed E-state index contributed by atoms with van der Waals surface area (Å²) < 4.78 is 11.8. The van der Waals surface area contributed by atoms with Crippen molar-refractivity contribution in [2.24, 2.45) is 11.3 Å². The first-order valence-corrected chi connectivity index (χ1v) is 6.23. The maximum absolute atomic E-state index is 5.96. The van der Waals surface area contributed by atoms with Crippen molar-refractivity contribution in [3.8, 4) is 0 Å². The molecule has 0 amide bonds. The van der Waals surface area contributed by atoms with E-state index in [4.69, 9.17) is 9.47 Å². The first kappa shape index (κ1) is 11.4. The predicted octanol–water partition coefficient (Wildman–Crippen LogP) is 3.35. The van der Waals surface area contributed by atoms with Gasteiger partial charge in [0.2, 0.25) is 0 Å². The molecule has 3 unspecified atom stereocenters. The van der Waals surface area contributed by atoms with Gasteiger partial charge in [0.25, 0.3) is 0 Å². The van der Waals surface area contributed by atoms with Gasteiger partial charge in [-0.25, -0.2) is 0 Å². The van der Waals surface area contributed by atoms with Gasteiger partial charge in [-0.2, -0.15) is 0 Å². The third kappa shape index (κ3) is 2.36. The molecule has 0 radical (unpaired) electrons. The Morgan fingerprint density at radius 3 is 2.47 bits per heavy atom. The van der Waals surface area contributed by atoms with Gasteiger partial charge in [-0.15, -0.1) is 0 Å². The quantitative estimate of drug-likeness (QED) is 0.663. The molecule has 0 aromatic carbocycles. The van der Waals surface area contributed by atoms with Gasteiger partial charge in [0.15, 0.2) is 5.79 Å². The molecule has 2 aliphatic rings. The van der Waals surface area contributed by atoms with E-state index in [-0.39, 0.29) is 11.9 Å². The van der Waals surface area contributed by atoms with Crippen LogP contribution < -0.4 is 0 Å². The van der Waals surface area contributed by atoms with Crippen LogP contribution in [0.15, 0.2) is 0 Å². The van der Waals surface area contributed by atoms with Gasteiger partial charge >= 0.3 is 0 Å². The SMILES string of the molecule is CC1COC(C)(C2CCCC(C)(C)C2)O1. The largest absolute Gasteiger partial charge is 0.347 e. The molecule has 0 spiro atoms. The van der Waals surface area contributed by atoms with E-state index < -0.39 is 0 Å². The fourth-order valence-corrected chi connectivity index (χ4v) is 3.11. The Morgan fingerprint density at radius 1 is 1.20 bits per heavy atom. The Kier molecular flexibility index (Phi) is 2.85. The summed E-state index contributed by atoms with van der Waals surface area (Å²) in [7, 11) is 0. The van der Waals surface area contributed by atoms with Gasteiger partial charge in [0.05, 0.1) is 12.7 Å². The fourth-order valence-electron chi connectivity index (χ4n) is 3.11. The molecule has 2 heteroatoms. The first-order chi connectivity index (χ1) is 6.91. The van der Waals surface area contributed by atoms with Gasteiger partial charge in [-0.05, 0) is 38.5 Å². The monoisotopic (exact) mass is 212 g/mol. The Bertz CT molecular complexity index is 237. The molecule has 2 nitrogen and oxygen atoms in total. The number of ether oxygens (including phenoxy) is 2. The third-order valence-corrected chi connectivity index (χ3v) is 3.99. The highest BCUT2D eigenvalue weighted by Gasteiger charge is 2.45. The molecule has 0 aromatic rings. The molecule has 88 valence electrons. The van der Waals surface area contributed by atoms with E-state index in [0.29, 0.717) is 11.3 Å². The molecule has 0 aromatic heterocycles. The number of hydrogen-bond acceptors (Lipinski definition) is 2. The standard InChI is InChI=1S/C13H24O2/c1-10-9-14-13(4,15-10)11-6-5-7-12(2,3)8-11/h10-11H,5-9H2,1-4H3. The van der Waals surface area contributed by atoms with Crippen LogP contribution in [0, 0.1) is 11.3 Å². The van der Waals surface area contributed by atoms with Crippen molar-refractivity contribution < 1.29 is 9.47 Å². The van der Waals surface area contributed by atoms with Crippen LogP contribution >= 0.6 is 0 Å². The van der Waals surface area contributed by atoms with Gasteiger partial charge in [-0.1, -0.05) is 20.3 Å². The normalized spacial score (nSPS) is 45.6. The minimum Gasteiger partial charge on any atom is -0.347 e. The zero-order valence-electron chi connectivity index (χ0n) is 10.5. The van der Waals surface area contributed by atoms with Crippen LogP contribution in [0.3, 0.4) is 0 Å². The van der Waals surface area contributed by atoms with Crippen molar-refractivity contribution in [1.29, 1.82) is 0 Å². The number of hydrogen-bond donors (Lipinski definition) is 0. The molecule has 2 fully saturated rings. The fraction of sp³-hybridized carbons (Fsp3) is 1.00. The zero-order valence-corrected chi connectivity index (χ0v) is 10.5. The van der Waals surface area contributed by atoms with E-state index in [0.717, 1.165) is 6.61 Å².